The highest BCUT2D eigenvalue weighted by atomic mass is 16.5. The number of methoxy groups -OCH3 is 2. The Morgan fingerprint density at radius 2 is 1.91 bits per heavy atom. The van der Waals surface area contributed by atoms with Gasteiger partial charge in [-0.1, -0.05) is 0 Å². The first kappa shape index (κ1) is 19.6. The van der Waals surface area contributed by atoms with Crippen molar-refractivity contribution in [2.45, 2.75) is 0 Å². The summed E-state index contributed by atoms with van der Waals surface area (Å²) in [4.78, 5) is 17.1. The molecule has 8 heteroatoms. The van der Waals surface area contributed by atoms with E-state index in [4.69, 9.17) is 9.47 Å². The van der Waals surface area contributed by atoms with Crippen molar-refractivity contribution in [3.05, 3.63) is 60.4 Å². The van der Waals surface area contributed by atoms with Crippen LogP contribution in [0.25, 0.3) is 33.3 Å². The van der Waals surface area contributed by atoms with Gasteiger partial charge in [0.1, 0.15) is 16.9 Å². The van der Waals surface area contributed by atoms with Crippen LogP contribution in [-0.2, 0) is 7.05 Å². The number of aromatic nitrogens is 4. The Morgan fingerprint density at radius 3 is 2.66 bits per heavy atom. The van der Waals surface area contributed by atoms with E-state index in [1.807, 2.05) is 36.0 Å². The van der Waals surface area contributed by atoms with E-state index in [1.165, 1.54) is 0 Å². The van der Waals surface area contributed by atoms with Gasteiger partial charge < -0.3 is 24.1 Å². The molecule has 0 aliphatic carbocycles. The average molecular weight is 427 g/mol. The zero-order valence-corrected chi connectivity index (χ0v) is 17.8. The molecule has 0 fully saturated rings. The van der Waals surface area contributed by atoms with Crippen molar-refractivity contribution in [1.29, 1.82) is 0 Å². The van der Waals surface area contributed by atoms with E-state index in [0.717, 1.165) is 44.6 Å². The number of aliphatic imine (C=N–C) groups is 1. The topological polar surface area (TPSA) is 97.6 Å². The van der Waals surface area contributed by atoms with Crippen LogP contribution in [-0.4, -0.2) is 45.1 Å². The van der Waals surface area contributed by atoms with Crippen LogP contribution in [0.15, 0.2) is 59.9 Å². The molecule has 0 aliphatic rings. The van der Waals surface area contributed by atoms with Crippen molar-refractivity contribution in [3.63, 3.8) is 0 Å². The molecule has 8 nitrogen and oxygen atoms in total. The van der Waals surface area contributed by atoms with Gasteiger partial charge in [0.25, 0.3) is 5.88 Å². The number of nitrogens with zero attached hydrogens (tertiary/aromatic N) is 4. The normalized spacial score (nSPS) is 11.6. The van der Waals surface area contributed by atoms with Gasteiger partial charge in [-0.05, 0) is 36.4 Å². The van der Waals surface area contributed by atoms with Crippen molar-refractivity contribution >= 4 is 34.0 Å². The fourth-order valence-corrected chi connectivity index (χ4v) is 3.74. The smallest absolute Gasteiger partial charge is 0.257 e. The molecule has 2 N–H and O–H groups in total. The number of ether oxygens (including phenoxy) is 2. The van der Waals surface area contributed by atoms with Gasteiger partial charge in [-0.3, -0.25) is 4.99 Å². The Bertz CT molecular complexity index is 1470. The van der Waals surface area contributed by atoms with Crippen LogP contribution in [0.4, 0.5) is 5.69 Å². The Balaban J connectivity index is 1.61. The first-order valence-corrected chi connectivity index (χ1v) is 9.96. The first-order chi connectivity index (χ1) is 15.6. The number of nitrogens with one attached hydrogen (secondary N) is 1. The van der Waals surface area contributed by atoms with Crippen molar-refractivity contribution in [2.75, 3.05) is 14.2 Å². The number of phenols is 1. The zero-order chi connectivity index (χ0) is 22.2. The molecule has 5 rings (SSSR count). The second-order valence-electron chi connectivity index (χ2n) is 7.34. The van der Waals surface area contributed by atoms with Gasteiger partial charge in [0.15, 0.2) is 5.75 Å². The van der Waals surface area contributed by atoms with Gasteiger partial charge in [0, 0.05) is 48.2 Å². The fourth-order valence-electron chi connectivity index (χ4n) is 3.74. The van der Waals surface area contributed by atoms with Gasteiger partial charge in [0.05, 0.1) is 31.1 Å². The largest absolute Gasteiger partial charge is 0.508 e. The lowest BCUT2D eigenvalue weighted by atomic mass is 10.1. The Hall–Kier alpha value is -4.33. The minimum Gasteiger partial charge on any atom is -0.508 e. The van der Waals surface area contributed by atoms with E-state index in [2.05, 4.69) is 19.9 Å². The van der Waals surface area contributed by atoms with Crippen molar-refractivity contribution in [2.24, 2.45) is 12.0 Å². The second-order valence-corrected chi connectivity index (χ2v) is 7.34. The number of aromatic amines is 1. The Morgan fingerprint density at radius 1 is 1.09 bits per heavy atom. The third-order valence-corrected chi connectivity index (χ3v) is 5.36. The van der Waals surface area contributed by atoms with Crippen LogP contribution in [0.2, 0.25) is 0 Å². The molecule has 0 saturated carbocycles. The summed E-state index contributed by atoms with van der Waals surface area (Å²) in [6.07, 6.45) is 5.56. The lowest BCUT2D eigenvalue weighted by molar-refractivity contribution is 0.344. The highest BCUT2D eigenvalue weighted by molar-refractivity contribution is 6.02. The third-order valence-electron chi connectivity index (χ3n) is 5.36. The molecule has 4 aromatic heterocycles. The van der Waals surface area contributed by atoms with Crippen LogP contribution in [0.3, 0.4) is 0 Å². The minimum absolute atomic E-state index is 0.212. The molecule has 0 saturated heterocycles. The number of benzene rings is 1. The number of fused-ring (bicyclic) bond motifs is 2. The van der Waals surface area contributed by atoms with E-state index >= 15 is 0 Å². The molecule has 4 heterocycles. The quantitative estimate of drug-likeness (QED) is 0.400. The molecule has 160 valence electrons. The number of pyridine rings is 2. The number of aromatic hydroxyl groups is 1. The molecular weight excluding hydrogens is 406 g/mol. The average Bonchev–Trinajstić information content (AvgIpc) is 3.39. The van der Waals surface area contributed by atoms with E-state index in [0.29, 0.717) is 11.6 Å². The van der Waals surface area contributed by atoms with E-state index < -0.39 is 0 Å². The van der Waals surface area contributed by atoms with Crippen molar-refractivity contribution in [1.82, 2.24) is 19.5 Å². The molecule has 0 bridgehead atoms. The SMILES string of the molecule is COc1cc2c(nc1OC)c(-c1cc3c(/C=N/c4ccc(O)cc4)ccnc3[nH]1)cn2C. The van der Waals surface area contributed by atoms with Gasteiger partial charge in [-0.15, -0.1) is 0 Å². The number of hydrogen-bond acceptors (Lipinski definition) is 6. The molecule has 5 aromatic rings. The number of hydrogen-bond donors (Lipinski definition) is 2. The predicted octanol–water partition coefficient (Wildman–Crippen LogP) is 4.59. The number of rotatable bonds is 5. The van der Waals surface area contributed by atoms with Gasteiger partial charge in [0.2, 0.25) is 0 Å². The lowest BCUT2D eigenvalue weighted by Crippen LogP contribution is -1.95. The van der Waals surface area contributed by atoms with Crippen LogP contribution in [0.1, 0.15) is 5.56 Å². The maximum atomic E-state index is 9.45. The second kappa shape index (κ2) is 7.73. The lowest BCUT2D eigenvalue weighted by Gasteiger charge is -2.07. The monoisotopic (exact) mass is 427 g/mol. The summed E-state index contributed by atoms with van der Waals surface area (Å²) < 4.78 is 12.8. The van der Waals surface area contributed by atoms with E-state index in [1.54, 1.807) is 50.9 Å². The standard InChI is InChI=1S/C24H21N5O3/c1-29-13-18(22-20(29)11-21(31-2)24(28-22)32-3)19-10-17-14(8-9-25-23(17)27-19)12-26-15-4-6-16(30)7-5-15/h4-13,30H,1-3H3,(H,25,27)/b26-12+. The van der Waals surface area contributed by atoms with Crippen molar-refractivity contribution in [3.8, 4) is 28.6 Å². The van der Waals surface area contributed by atoms with Gasteiger partial charge in [-0.25, -0.2) is 9.97 Å². The summed E-state index contributed by atoms with van der Waals surface area (Å²) in [5.41, 5.74) is 5.99. The fraction of sp³-hybridized carbons (Fsp3) is 0.125. The zero-order valence-electron chi connectivity index (χ0n) is 17.8. The maximum Gasteiger partial charge on any atom is 0.257 e. The predicted molar refractivity (Wildman–Crippen MR) is 124 cm³/mol. The molecule has 0 unspecified atom stereocenters. The highest BCUT2D eigenvalue weighted by Crippen LogP contribution is 2.36. The Kier molecular flexibility index (Phi) is 4.74. The van der Waals surface area contributed by atoms with Crippen LogP contribution in [0, 0.1) is 0 Å². The van der Waals surface area contributed by atoms with Crippen molar-refractivity contribution < 1.29 is 14.6 Å². The number of H-pyrrole nitrogens is 1. The van der Waals surface area contributed by atoms with Gasteiger partial charge in [-0.2, -0.15) is 0 Å². The van der Waals surface area contributed by atoms with Crippen LogP contribution < -0.4 is 9.47 Å². The summed E-state index contributed by atoms with van der Waals surface area (Å²) in [7, 11) is 5.14. The Labute approximate surface area is 183 Å². The molecule has 0 amide bonds. The number of phenolic OH excluding ortho intramolecular Hbond substituents is 1. The molecule has 0 atom stereocenters. The molecule has 32 heavy (non-hydrogen) atoms. The minimum atomic E-state index is 0.212. The third kappa shape index (κ3) is 3.31. The summed E-state index contributed by atoms with van der Waals surface area (Å²) in [6.45, 7) is 0. The summed E-state index contributed by atoms with van der Waals surface area (Å²) in [5, 5.41) is 10.4. The molecule has 0 spiro atoms. The van der Waals surface area contributed by atoms with Crippen LogP contribution >= 0.6 is 0 Å². The molecule has 0 aliphatic heterocycles. The molecular formula is C24H21N5O3. The van der Waals surface area contributed by atoms with E-state index in [9.17, 15) is 5.11 Å². The first-order valence-electron chi connectivity index (χ1n) is 9.96. The summed E-state index contributed by atoms with van der Waals surface area (Å²) in [6, 6.07) is 12.6. The summed E-state index contributed by atoms with van der Waals surface area (Å²) in [5.74, 6) is 1.23. The van der Waals surface area contributed by atoms with E-state index in [-0.39, 0.29) is 5.75 Å². The van der Waals surface area contributed by atoms with Crippen LogP contribution in [0.5, 0.6) is 17.4 Å². The number of aryl methyl sites for hydroxylation is 1. The summed E-state index contributed by atoms with van der Waals surface area (Å²) >= 11 is 0. The maximum absolute atomic E-state index is 9.45. The highest BCUT2D eigenvalue weighted by Gasteiger charge is 2.17. The molecule has 0 radical (unpaired) electrons. The molecule has 1 aromatic carbocycles. The van der Waals surface area contributed by atoms with Gasteiger partial charge >= 0.3 is 0 Å².